The minimum Gasteiger partial charge on any atom is -0.466 e. The molecule has 0 spiro atoms. The summed E-state index contributed by atoms with van der Waals surface area (Å²) in [6.45, 7) is 4.78. The summed E-state index contributed by atoms with van der Waals surface area (Å²) in [5, 5.41) is 7.66. The molecule has 1 saturated heterocycles. The molecule has 14 heavy (non-hydrogen) atoms. The first-order valence-corrected chi connectivity index (χ1v) is 4.79. The van der Waals surface area contributed by atoms with E-state index in [0.29, 0.717) is 38.7 Å². The minimum atomic E-state index is -0.330. The van der Waals surface area contributed by atoms with Crippen LogP contribution in [0.15, 0.2) is 0 Å². The predicted molar refractivity (Wildman–Crippen MR) is 51.4 cm³/mol. The molecule has 1 heterocycles. The molecule has 0 aliphatic carbocycles. The van der Waals surface area contributed by atoms with Crippen molar-refractivity contribution in [3.8, 4) is 0 Å². The number of nitrogens with one attached hydrogen (secondary N) is 1. The first kappa shape index (κ1) is 11.0. The monoisotopic (exact) mass is 200 g/mol. The fraction of sp³-hybridized carbons (Fsp3) is 0.778. The third-order valence-corrected chi connectivity index (χ3v) is 2.01. The van der Waals surface area contributed by atoms with Crippen LogP contribution in [-0.2, 0) is 14.3 Å². The number of hydrogen-bond acceptors (Lipinski definition) is 4. The lowest BCUT2D eigenvalue weighted by Gasteiger charge is -2.28. The van der Waals surface area contributed by atoms with Crippen LogP contribution < -0.4 is 0 Å². The number of rotatable bonds is 3. The van der Waals surface area contributed by atoms with E-state index >= 15 is 0 Å². The average Bonchev–Trinajstić information content (AvgIpc) is 2.19. The normalized spacial score (nSPS) is 16.5. The van der Waals surface area contributed by atoms with Gasteiger partial charge in [0.25, 0.3) is 0 Å². The van der Waals surface area contributed by atoms with E-state index in [4.69, 9.17) is 14.9 Å². The Kier molecular flexibility index (Phi) is 4.39. The maximum absolute atomic E-state index is 11.1. The number of amidine groups is 1. The van der Waals surface area contributed by atoms with E-state index < -0.39 is 0 Å². The SMILES string of the molecule is CCOC(=O)CC(=N)N1CCOCC1. The second-order valence-electron chi connectivity index (χ2n) is 3.03. The number of hydrogen-bond donors (Lipinski definition) is 1. The number of carbonyl (C=O) groups is 1. The van der Waals surface area contributed by atoms with Gasteiger partial charge in [-0.3, -0.25) is 10.2 Å². The van der Waals surface area contributed by atoms with Gasteiger partial charge in [0.1, 0.15) is 12.3 Å². The highest BCUT2D eigenvalue weighted by molar-refractivity contribution is 5.95. The van der Waals surface area contributed by atoms with E-state index in [1.54, 1.807) is 6.92 Å². The van der Waals surface area contributed by atoms with Gasteiger partial charge in [-0.05, 0) is 6.92 Å². The molecule has 1 aliphatic rings. The molecule has 0 unspecified atom stereocenters. The van der Waals surface area contributed by atoms with Crippen LogP contribution in [0.25, 0.3) is 0 Å². The molecule has 1 aliphatic heterocycles. The van der Waals surface area contributed by atoms with Crippen LogP contribution >= 0.6 is 0 Å². The van der Waals surface area contributed by atoms with Crippen LogP contribution in [0.2, 0.25) is 0 Å². The van der Waals surface area contributed by atoms with Gasteiger partial charge >= 0.3 is 5.97 Å². The Balaban J connectivity index is 2.29. The number of carbonyl (C=O) groups excluding carboxylic acids is 1. The summed E-state index contributed by atoms with van der Waals surface area (Å²) < 4.78 is 9.91. The zero-order valence-electron chi connectivity index (χ0n) is 8.41. The first-order valence-electron chi connectivity index (χ1n) is 4.79. The van der Waals surface area contributed by atoms with Gasteiger partial charge in [-0.1, -0.05) is 0 Å². The summed E-state index contributed by atoms with van der Waals surface area (Å²) in [5.41, 5.74) is 0. The van der Waals surface area contributed by atoms with Crippen LogP contribution in [0.3, 0.4) is 0 Å². The van der Waals surface area contributed by atoms with E-state index in [1.165, 1.54) is 0 Å². The van der Waals surface area contributed by atoms with E-state index in [9.17, 15) is 4.79 Å². The largest absolute Gasteiger partial charge is 0.466 e. The molecule has 80 valence electrons. The molecule has 0 aromatic rings. The molecular formula is C9H16N2O3. The topological polar surface area (TPSA) is 62.6 Å². The van der Waals surface area contributed by atoms with Gasteiger partial charge in [0.2, 0.25) is 0 Å². The molecule has 5 heteroatoms. The lowest BCUT2D eigenvalue weighted by atomic mass is 10.3. The molecule has 1 fully saturated rings. The van der Waals surface area contributed by atoms with Gasteiger partial charge in [0, 0.05) is 13.1 Å². The molecule has 0 bridgehead atoms. The summed E-state index contributed by atoms with van der Waals surface area (Å²) in [6.07, 6.45) is 0.0633. The summed E-state index contributed by atoms with van der Waals surface area (Å²) in [7, 11) is 0. The molecule has 1 rings (SSSR count). The van der Waals surface area contributed by atoms with Gasteiger partial charge in [-0.15, -0.1) is 0 Å². The second-order valence-corrected chi connectivity index (χ2v) is 3.03. The van der Waals surface area contributed by atoms with Crippen molar-refractivity contribution < 1.29 is 14.3 Å². The van der Waals surface area contributed by atoms with Crippen LogP contribution in [0, 0.1) is 5.41 Å². The lowest BCUT2D eigenvalue weighted by Crippen LogP contribution is -2.41. The van der Waals surface area contributed by atoms with Crippen LogP contribution in [0.5, 0.6) is 0 Å². The maximum atomic E-state index is 11.1. The van der Waals surface area contributed by atoms with Crippen molar-refractivity contribution in [3.63, 3.8) is 0 Å². The Hall–Kier alpha value is -1.10. The van der Waals surface area contributed by atoms with Gasteiger partial charge in [0.15, 0.2) is 0 Å². The Labute approximate surface area is 83.5 Å². The van der Waals surface area contributed by atoms with Crippen LogP contribution in [0.1, 0.15) is 13.3 Å². The van der Waals surface area contributed by atoms with Crippen molar-refractivity contribution >= 4 is 11.8 Å². The zero-order chi connectivity index (χ0) is 10.4. The van der Waals surface area contributed by atoms with Crippen molar-refractivity contribution in [2.45, 2.75) is 13.3 Å². The van der Waals surface area contributed by atoms with Crippen molar-refractivity contribution in [1.29, 1.82) is 5.41 Å². The van der Waals surface area contributed by atoms with Crippen LogP contribution in [0.4, 0.5) is 0 Å². The highest BCUT2D eigenvalue weighted by atomic mass is 16.5. The van der Waals surface area contributed by atoms with E-state index in [0.717, 1.165) is 0 Å². The highest BCUT2D eigenvalue weighted by Gasteiger charge is 2.16. The molecule has 0 amide bonds. The Morgan fingerprint density at radius 3 is 2.71 bits per heavy atom. The quantitative estimate of drug-likeness (QED) is 0.403. The van der Waals surface area contributed by atoms with Gasteiger partial charge in [-0.2, -0.15) is 0 Å². The summed E-state index contributed by atoms with van der Waals surface area (Å²) in [4.78, 5) is 12.9. The van der Waals surface area contributed by atoms with E-state index in [1.807, 2.05) is 4.90 Å². The maximum Gasteiger partial charge on any atom is 0.313 e. The summed E-state index contributed by atoms with van der Waals surface area (Å²) in [5.74, 6) is -0.00394. The number of nitrogens with zero attached hydrogens (tertiary/aromatic N) is 1. The van der Waals surface area contributed by atoms with Crippen molar-refractivity contribution in [3.05, 3.63) is 0 Å². The smallest absolute Gasteiger partial charge is 0.313 e. The number of ether oxygens (including phenoxy) is 2. The van der Waals surface area contributed by atoms with Gasteiger partial charge in [0.05, 0.1) is 19.8 Å². The fourth-order valence-corrected chi connectivity index (χ4v) is 1.29. The van der Waals surface area contributed by atoms with Gasteiger partial charge < -0.3 is 14.4 Å². The number of morpholine rings is 1. The van der Waals surface area contributed by atoms with Crippen LogP contribution in [-0.4, -0.2) is 49.6 Å². The minimum absolute atomic E-state index is 0.0633. The standard InChI is InChI=1S/C9H16N2O3/c1-2-14-9(12)7-8(10)11-3-5-13-6-4-11/h10H,2-7H2,1H3. The van der Waals surface area contributed by atoms with E-state index in [-0.39, 0.29) is 12.4 Å². The van der Waals surface area contributed by atoms with Crippen molar-refractivity contribution in [2.75, 3.05) is 32.9 Å². The summed E-state index contributed by atoms with van der Waals surface area (Å²) in [6, 6.07) is 0. The molecule has 1 N–H and O–H groups in total. The third kappa shape index (κ3) is 3.33. The molecule has 0 aromatic heterocycles. The second kappa shape index (κ2) is 5.59. The lowest BCUT2D eigenvalue weighted by molar-refractivity contribution is -0.141. The Bertz CT molecular complexity index is 212. The van der Waals surface area contributed by atoms with Gasteiger partial charge in [-0.25, -0.2) is 0 Å². The highest BCUT2D eigenvalue weighted by Crippen LogP contribution is 2.01. The molecule has 0 aromatic carbocycles. The Morgan fingerprint density at radius 1 is 1.50 bits per heavy atom. The summed E-state index contributed by atoms with van der Waals surface area (Å²) >= 11 is 0. The third-order valence-electron chi connectivity index (χ3n) is 2.01. The van der Waals surface area contributed by atoms with Crippen molar-refractivity contribution in [1.82, 2.24) is 4.90 Å². The predicted octanol–water partition coefficient (Wildman–Crippen LogP) is 0.249. The van der Waals surface area contributed by atoms with Crippen molar-refractivity contribution in [2.24, 2.45) is 0 Å². The zero-order valence-corrected chi connectivity index (χ0v) is 8.41. The molecule has 0 saturated carbocycles. The fourth-order valence-electron chi connectivity index (χ4n) is 1.29. The molecular weight excluding hydrogens is 184 g/mol. The molecule has 0 atom stereocenters. The Morgan fingerprint density at radius 2 is 2.14 bits per heavy atom. The van der Waals surface area contributed by atoms with E-state index in [2.05, 4.69) is 0 Å². The molecule has 5 nitrogen and oxygen atoms in total. The first-order chi connectivity index (χ1) is 6.74. The average molecular weight is 200 g/mol. The number of esters is 1. The molecule has 0 radical (unpaired) electrons.